The van der Waals surface area contributed by atoms with Crippen molar-refractivity contribution in [1.82, 2.24) is 15.1 Å². The zero-order valence-electron chi connectivity index (χ0n) is 19.4. The first-order valence-electron chi connectivity index (χ1n) is 12.1. The van der Waals surface area contributed by atoms with Crippen LogP contribution in [0.1, 0.15) is 55.4 Å². The van der Waals surface area contributed by atoms with E-state index in [1.165, 1.54) is 15.3 Å². The number of hydrogen-bond donors (Lipinski definition) is 1. The Hall–Kier alpha value is -1.77. The van der Waals surface area contributed by atoms with Gasteiger partial charge in [0.25, 0.3) is 0 Å². The molecule has 176 valence electrons. The largest absolute Gasteiger partial charge is 0.370 e. The number of piperidine rings is 1. The predicted molar refractivity (Wildman–Crippen MR) is 123 cm³/mol. The molecule has 5 heterocycles. The van der Waals surface area contributed by atoms with E-state index in [1.54, 1.807) is 4.90 Å². The van der Waals surface area contributed by atoms with Crippen molar-refractivity contribution in [2.45, 2.75) is 58.5 Å². The van der Waals surface area contributed by atoms with E-state index in [1.807, 2.05) is 25.2 Å². The van der Waals surface area contributed by atoms with Gasteiger partial charge in [0.15, 0.2) is 0 Å². The van der Waals surface area contributed by atoms with Crippen LogP contribution in [-0.2, 0) is 37.6 Å². The van der Waals surface area contributed by atoms with Crippen molar-refractivity contribution in [2.24, 2.45) is 11.8 Å². The molecule has 1 atom stereocenters. The average Bonchev–Trinajstić information content (AvgIpc) is 3.36. The van der Waals surface area contributed by atoms with Gasteiger partial charge in [-0.15, -0.1) is 11.3 Å². The third kappa shape index (κ3) is 4.37. The minimum atomic E-state index is -0.815. The lowest BCUT2D eigenvalue weighted by molar-refractivity contribution is -0.146. The maximum Gasteiger partial charge on any atom is 0.239 e. The summed E-state index contributed by atoms with van der Waals surface area (Å²) in [4.78, 5) is 42.7. The highest BCUT2D eigenvalue weighted by Crippen LogP contribution is 2.44. The van der Waals surface area contributed by atoms with Crippen LogP contribution >= 0.6 is 11.3 Å². The van der Waals surface area contributed by atoms with Gasteiger partial charge in [0.05, 0.1) is 12.2 Å². The van der Waals surface area contributed by atoms with Crippen LogP contribution in [0.25, 0.3) is 0 Å². The molecule has 0 saturated carbocycles. The second-order valence-corrected chi connectivity index (χ2v) is 10.3. The van der Waals surface area contributed by atoms with Gasteiger partial charge in [-0.2, -0.15) is 0 Å². The fourth-order valence-electron chi connectivity index (χ4n) is 5.36. The third-order valence-corrected chi connectivity index (χ3v) is 8.46. The standard InChI is InChI=1S/C22H29N3O4S.C2H6/c1-2-15-9-17-18(30-15)3-8-29-22(17)4-6-24(7-5-22)11-14-12-25(13-14)21(28)16-10-19(26)23-20(16)27;1-2/h9,14,16H,2-8,10-13H2,1H3,(H,23,26,27);1-2H3. The number of aryl methyl sites for hydroxylation is 1. The monoisotopic (exact) mass is 461 g/mol. The van der Waals surface area contributed by atoms with Crippen LogP contribution in [0.4, 0.5) is 0 Å². The fraction of sp³-hybridized carbons (Fsp3) is 0.708. The van der Waals surface area contributed by atoms with Crippen molar-refractivity contribution in [3.8, 4) is 0 Å². The van der Waals surface area contributed by atoms with Crippen LogP contribution in [0.15, 0.2) is 6.07 Å². The summed E-state index contributed by atoms with van der Waals surface area (Å²) < 4.78 is 6.37. The number of ether oxygens (including phenoxy) is 1. The van der Waals surface area contributed by atoms with E-state index in [4.69, 9.17) is 4.74 Å². The highest BCUT2D eigenvalue weighted by Gasteiger charge is 2.45. The minimum Gasteiger partial charge on any atom is -0.370 e. The van der Waals surface area contributed by atoms with Crippen LogP contribution in [0, 0.1) is 11.8 Å². The van der Waals surface area contributed by atoms with Gasteiger partial charge in [-0.3, -0.25) is 19.7 Å². The van der Waals surface area contributed by atoms with Crippen molar-refractivity contribution in [2.75, 3.05) is 39.3 Å². The summed E-state index contributed by atoms with van der Waals surface area (Å²) in [7, 11) is 0. The van der Waals surface area contributed by atoms with E-state index in [9.17, 15) is 14.4 Å². The van der Waals surface area contributed by atoms with Gasteiger partial charge in [0.1, 0.15) is 5.92 Å². The summed E-state index contributed by atoms with van der Waals surface area (Å²) in [6, 6.07) is 2.38. The topological polar surface area (TPSA) is 79.0 Å². The first-order chi connectivity index (χ1) is 15.5. The van der Waals surface area contributed by atoms with Crippen molar-refractivity contribution < 1.29 is 19.1 Å². The highest BCUT2D eigenvalue weighted by atomic mass is 32.1. The van der Waals surface area contributed by atoms with E-state index in [2.05, 4.69) is 23.2 Å². The summed E-state index contributed by atoms with van der Waals surface area (Å²) in [6.45, 7) is 11.4. The molecule has 5 rings (SSSR count). The van der Waals surface area contributed by atoms with Gasteiger partial charge in [0, 0.05) is 61.2 Å². The van der Waals surface area contributed by atoms with Crippen molar-refractivity contribution >= 4 is 29.1 Å². The van der Waals surface area contributed by atoms with E-state index in [0.717, 1.165) is 51.9 Å². The molecule has 1 spiro atoms. The van der Waals surface area contributed by atoms with Crippen molar-refractivity contribution in [3.05, 3.63) is 21.4 Å². The van der Waals surface area contributed by atoms with Crippen molar-refractivity contribution in [1.29, 1.82) is 0 Å². The summed E-state index contributed by atoms with van der Waals surface area (Å²) in [5, 5.41) is 2.22. The van der Waals surface area contributed by atoms with Gasteiger partial charge in [-0.25, -0.2) is 0 Å². The SMILES string of the molecule is CC.CCc1cc2c(s1)CCOC21CCN(CC2CN(C(=O)C3CC(=O)NC3=O)C2)CC1. The summed E-state index contributed by atoms with van der Waals surface area (Å²) in [5.74, 6) is -1.35. The number of rotatable bonds is 4. The lowest BCUT2D eigenvalue weighted by Crippen LogP contribution is -2.57. The zero-order chi connectivity index (χ0) is 22.9. The first kappa shape index (κ1) is 23.4. The molecule has 3 saturated heterocycles. The quantitative estimate of drug-likeness (QED) is 0.550. The molecule has 8 heteroatoms. The zero-order valence-corrected chi connectivity index (χ0v) is 20.3. The molecule has 0 aliphatic carbocycles. The number of carbonyl (C=O) groups excluding carboxylic acids is 3. The van der Waals surface area contributed by atoms with Gasteiger partial charge in [-0.1, -0.05) is 20.8 Å². The molecular weight excluding hydrogens is 426 g/mol. The number of amides is 3. The molecule has 0 aromatic carbocycles. The van der Waals surface area contributed by atoms with Gasteiger partial charge < -0.3 is 14.5 Å². The number of thiophene rings is 1. The number of nitrogens with zero attached hydrogens (tertiary/aromatic N) is 2. The molecule has 1 aromatic heterocycles. The summed E-state index contributed by atoms with van der Waals surface area (Å²) >= 11 is 1.96. The molecule has 3 fully saturated rings. The van der Waals surface area contributed by atoms with Crippen LogP contribution in [0.5, 0.6) is 0 Å². The van der Waals surface area contributed by atoms with Crippen LogP contribution in [0.2, 0.25) is 0 Å². The molecule has 4 aliphatic heterocycles. The normalized spacial score (nSPS) is 25.1. The van der Waals surface area contributed by atoms with Crippen molar-refractivity contribution in [3.63, 3.8) is 0 Å². The Morgan fingerprint density at radius 2 is 1.97 bits per heavy atom. The Morgan fingerprint density at radius 3 is 2.59 bits per heavy atom. The van der Waals surface area contributed by atoms with E-state index in [-0.39, 0.29) is 23.8 Å². The summed E-state index contributed by atoms with van der Waals surface area (Å²) in [6.07, 6.45) is 4.19. The third-order valence-electron chi connectivity index (χ3n) is 7.12. The van der Waals surface area contributed by atoms with Gasteiger partial charge >= 0.3 is 0 Å². The number of hydrogen-bond acceptors (Lipinski definition) is 6. The average molecular weight is 462 g/mol. The van der Waals surface area contributed by atoms with Crippen LogP contribution in [-0.4, -0.2) is 66.9 Å². The Bertz CT molecular complexity index is 869. The number of fused-ring (bicyclic) bond motifs is 2. The van der Waals surface area contributed by atoms with Crippen LogP contribution in [0.3, 0.4) is 0 Å². The molecule has 3 amide bonds. The second kappa shape index (κ2) is 9.61. The molecule has 7 nitrogen and oxygen atoms in total. The van der Waals surface area contributed by atoms with Gasteiger partial charge in [-0.05, 0) is 30.9 Å². The Kier molecular flexibility index (Phi) is 7.03. The maximum absolute atomic E-state index is 12.5. The fourth-order valence-corrected chi connectivity index (χ4v) is 6.54. The second-order valence-electron chi connectivity index (χ2n) is 9.07. The predicted octanol–water partition coefficient (Wildman–Crippen LogP) is 2.32. The van der Waals surface area contributed by atoms with E-state index < -0.39 is 11.8 Å². The molecule has 1 N–H and O–H groups in total. The molecule has 1 unspecified atom stereocenters. The molecule has 32 heavy (non-hydrogen) atoms. The smallest absolute Gasteiger partial charge is 0.239 e. The number of likely N-dealkylation sites (tertiary alicyclic amines) is 2. The van der Waals surface area contributed by atoms with E-state index >= 15 is 0 Å². The maximum atomic E-state index is 12.5. The number of imide groups is 1. The molecular formula is C24H35N3O4S. The molecule has 4 aliphatic rings. The Morgan fingerprint density at radius 1 is 1.25 bits per heavy atom. The highest BCUT2D eigenvalue weighted by molar-refractivity contribution is 7.12. The van der Waals surface area contributed by atoms with Crippen LogP contribution < -0.4 is 5.32 Å². The molecule has 1 aromatic rings. The Labute approximate surface area is 194 Å². The molecule has 0 bridgehead atoms. The summed E-state index contributed by atoms with van der Waals surface area (Å²) in [5.41, 5.74) is 1.35. The van der Waals surface area contributed by atoms with Gasteiger partial charge in [0.2, 0.25) is 17.7 Å². The lowest BCUT2D eigenvalue weighted by Gasteiger charge is -2.47. The minimum absolute atomic E-state index is 0.00262. The Balaban J connectivity index is 0.00000119. The van der Waals surface area contributed by atoms with E-state index in [0.29, 0.717) is 19.0 Å². The molecule has 0 radical (unpaired) electrons. The first-order valence-corrected chi connectivity index (χ1v) is 12.9. The number of nitrogens with one attached hydrogen (secondary N) is 1. The lowest BCUT2D eigenvalue weighted by atomic mass is 9.81. The number of carbonyl (C=O) groups is 3.